The zero-order chi connectivity index (χ0) is 27.8. The molecule has 0 spiro atoms. The van der Waals surface area contributed by atoms with E-state index in [1.165, 1.54) is 60.8 Å². The SMILES string of the molecule is Cc1cc(-c2c(C(C)C)cccc2C(C)C)nc2c3c(C(C)(C)C)cccc3n3c4ccccc4[n+](C)c3c12. The number of hydrogen-bond donors (Lipinski definition) is 0. The summed E-state index contributed by atoms with van der Waals surface area (Å²) in [6.07, 6.45) is 0. The van der Waals surface area contributed by atoms with Gasteiger partial charge in [0.15, 0.2) is 11.0 Å². The number of aryl methyl sites for hydroxylation is 2. The summed E-state index contributed by atoms with van der Waals surface area (Å²) in [5.74, 6) is 0.823. The molecule has 3 heterocycles. The van der Waals surface area contributed by atoms with Crippen molar-refractivity contribution in [2.75, 3.05) is 0 Å². The Kier molecular flexibility index (Phi) is 5.84. The summed E-state index contributed by atoms with van der Waals surface area (Å²) in [5, 5.41) is 2.49. The van der Waals surface area contributed by atoms with E-state index in [0.717, 1.165) is 11.2 Å². The number of pyridine rings is 2. The summed E-state index contributed by atoms with van der Waals surface area (Å²) >= 11 is 0. The van der Waals surface area contributed by atoms with E-state index >= 15 is 0 Å². The molecule has 0 aliphatic rings. The smallest absolute Gasteiger partial charge is 0.247 e. The van der Waals surface area contributed by atoms with Crippen LogP contribution < -0.4 is 4.57 Å². The number of imidazole rings is 1. The van der Waals surface area contributed by atoms with Crippen molar-refractivity contribution in [2.24, 2.45) is 7.05 Å². The first-order valence-corrected chi connectivity index (χ1v) is 14.3. The van der Waals surface area contributed by atoms with E-state index in [0.29, 0.717) is 11.8 Å². The standard InChI is InChI=1S/C36H40N3/c1-21(2)24-14-12-15-25(22(3)4)32(24)27-20-23(5)31-34(37-27)33-26(36(6,7)8)16-13-19-30(33)39-29-18-11-10-17-28(29)38(9)35(31)39/h10-22H,1-9H3/q+1. The number of nitrogens with zero attached hydrogens (tertiary/aromatic N) is 3. The number of hydrogen-bond acceptors (Lipinski definition) is 1. The topological polar surface area (TPSA) is 21.2 Å². The molecule has 0 fully saturated rings. The van der Waals surface area contributed by atoms with Crippen molar-refractivity contribution < 1.29 is 4.57 Å². The molecule has 3 aromatic carbocycles. The Hall–Kier alpha value is -3.72. The normalized spacial score (nSPS) is 12.7. The van der Waals surface area contributed by atoms with Gasteiger partial charge in [0.25, 0.3) is 5.65 Å². The first kappa shape index (κ1) is 25.6. The fraction of sp³-hybridized carbons (Fsp3) is 0.333. The molecule has 0 N–H and O–H groups in total. The van der Waals surface area contributed by atoms with Gasteiger partial charge in [0.2, 0.25) is 0 Å². The second kappa shape index (κ2) is 8.91. The van der Waals surface area contributed by atoms with Crippen LogP contribution in [-0.2, 0) is 12.5 Å². The van der Waals surface area contributed by atoms with E-state index in [-0.39, 0.29) is 5.41 Å². The van der Waals surface area contributed by atoms with Gasteiger partial charge in [0.05, 0.1) is 29.0 Å². The minimum Gasteiger partial charge on any atom is -0.247 e. The molecule has 3 nitrogen and oxygen atoms in total. The zero-order valence-corrected chi connectivity index (χ0v) is 24.8. The van der Waals surface area contributed by atoms with Crippen LogP contribution in [0, 0.1) is 6.92 Å². The van der Waals surface area contributed by atoms with Gasteiger partial charge in [-0.15, -0.1) is 0 Å². The van der Waals surface area contributed by atoms with E-state index in [9.17, 15) is 0 Å². The maximum absolute atomic E-state index is 5.63. The summed E-state index contributed by atoms with van der Waals surface area (Å²) in [6.45, 7) is 18.4. The molecule has 0 radical (unpaired) electrons. The average Bonchev–Trinajstić information content (AvgIpc) is 3.19. The number of benzene rings is 3. The Morgan fingerprint density at radius 3 is 2.03 bits per heavy atom. The minimum absolute atomic E-state index is 0.0320. The number of rotatable bonds is 3. The van der Waals surface area contributed by atoms with Crippen LogP contribution in [0.3, 0.4) is 0 Å². The lowest BCUT2D eigenvalue weighted by atomic mass is 9.83. The highest BCUT2D eigenvalue weighted by Gasteiger charge is 2.29. The average molecular weight is 515 g/mol. The van der Waals surface area contributed by atoms with Crippen molar-refractivity contribution in [1.29, 1.82) is 0 Å². The Labute approximate surface area is 232 Å². The van der Waals surface area contributed by atoms with Crippen LogP contribution in [0.25, 0.3) is 49.7 Å². The molecule has 0 unspecified atom stereocenters. The van der Waals surface area contributed by atoms with Gasteiger partial charge in [-0.2, -0.15) is 4.40 Å². The molecule has 6 rings (SSSR count). The largest absolute Gasteiger partial charge is 0.297 e. The molecule has 3 aromatic heterocycles. The molecule has 0 aliphatic carbocycles. The highest BCUT2D eigenvalue weighted by atomic mass is 15.1. The van der Waals surface area contributed by atoms with Gasteiger partial charge in [-0.05, 0) is 70.7 Å². The molecule has 0 amide bonds. The molecule has 6 aromatic rings. The monoisotopic (exact) mass is 514 g/mol. The molecule has 3 heteroatoms. The van der Waals surface area contributed by atoms with Gasteiger partial charge >= 0.3 is 0 Å². The summed E-state index contributed by atoms with van der Waals surface area (Å²) in [6, 6.07) is 24.6. The second-order valence-electron chi connectivity index (χ2n) is 12.8. The predicted octanol–water partition coefficient (Wildman–Crippen LogP) is 9.14. The van der Waals surface area contributed by atoms with Crippen LogP contribution in [-0.4, -0.2) is 9.38 Å². The summed E-state index contributed by atoms with van der Waals surface area (Å²) in [4.78, 5) is 5.63. The maximum atomic E-state index is 5.63. The summed E-state index contributed by atoms with van der Waals surface area (Å²) in [5.41, 5.74) is 13.7. The molecule has 0 aliphatic heterocycles. The van der Waals surface area contributed by atoms with Crippen molar-refractivity contribution in [3.05, 3.63) is 89.0 Å². The molecule has 0 bridgehead atoms. The molecule has 0 saturated carbocycles. The Morgan fingerprint density at radius 2 is 1.38 bits per heavy atom. The lowest BCUT2D eigenvalue weighted by molar-refractivity contribution is -0.617. The zero-order valence-electron chi connectivity index (χ0n) is 24.8. The van der Waals surface area contributed by atoms with Gasteiger partial charge in [-0.3, -0.25) is 0 Å². The lowest BCUT2D eigenvalue weighted by Crippen LogP contribution is -2.27. The molecule has 0 saturated heterocycles. The number of para-hydroxylation sites is 2. The second-order valence-corrected chi connectivity index (χ2v) is 12.8. The molecular weight excluding hydrogens is 474 g/mol. The Morgan fingerprint density at radius 1 is 0.769 bits per heavy atom. The van der Waals surface area contributed by atoms with Crippen molar-refractivity contribution in [3.8, 4) is 11.3 Å². The summed E-state index contributed by atoms with van der Waals surface area (Å²) in [7, 11) is 2.19. The van der Waals surface area contributed by atoms with Crippen LogP contribution in [0.15, 0.2) is 66.7 Å². The molecular formula is C36H40N3+. The van der Waals surface area contributed by atoms with Gasteiger partial charge < -0.3 is 0 Å². The molecule has 39 heavy (non-hydrogen) atoms. The number of fused-ring (bicyclic) bond motifs is 8. The van der Waals surface area contributed by atoms with Crippen LogP contribution in [0.1, 0.15) is 82.6 Å². The third-order valence-corrected chi connectivity index (χ3v) is 8.41. The maximum Gasteiger partial charge on any atom is 0.297 e. The third-order valence-electron chi connectivity index (χ3n) is 8.41. The van der Waals surface area contributed by atoms with Crippen molar-refractivity contribution in [1.82, 2.24) is 9.38 Å². The minimum atomic E-state index is -0.0320. The van der Waals surface area contributed by atoms with Gasteiger partial charge in [-0.25, -0.2) is 9.55 Å². The van der Waals surface area contributed by atoms with E-state index < -0.39 is 0 Å². The first-order chi connectivity index (χ1) is 18.5. The van der Waals surface area contributed by atoms with Gasteiger partial charge in [0, 0.05) is 5.56 Å². The van der Waals surface area contributed by atoms with Crippen LogP contribution in [0.4, 0.5) is 0 Å². The fourth-order valence-corrected chi connectivity index (χ4v) is 6.55. The van der Waals surface area contributed by atoms with Crippen molar-refractivity contribution in [2.45, 2.75) is 72.6 Å². The highest BCUT2D eigenvalue weighted by molar-refractivity contribution is 6.14. The van der Waals surface area contributed by atoms with Gasteiger partial charge in [0.1, 0.15) is 5.52 Å². The van der Waals surface area contributed by atoms with Crippen LogP contribution in [0.5, 0.6) is 0 Å². The third kappa shape index (κ3) is 3.77. The van der Waals surface area contributed by atoms with Crippen molar-refractivity contribution >= 4 is 38.5 Å². The number of aromatic nitrogens is 3. The lowest BCUT2D eigenvalue weighted by Gasteiger charge is -2.23. The molecule has 0 atom stereocenters. The predicted molar refractivity (Wildman–Crippen MR) is 166 cm³/mol. The Balaban J connectivity index is 1.90. The van der Waals surface area contributed by atoms with Crippen LogP contribution >= 0.6 is 0 Å². The van der Waals surface area contributed by atoms with Crippen LogP contribution in [0.2, 0.25) is 0 Å². The highest BCUT2D eigenvalue weighted by Crippen LogP contribution is 2.41. The van der Waals surface area contributed by atoms with E-state index in [2.05, 4.69) is 138 Å². The quantitative estimate of drug-likeness (QED) is 0.170. The van der Waals surface area contributed by atoms with Gasteiger partial charge in [-0.1, -0.05) is 90.9 Å². The Bertz CT molecular complexity index is 1890. The fourth-order valence-electron chi connectivity index (χ4n) is 6.55. The summed E-state index contributed by atoms with van der Waals surface area (Å²) < 4.78 is 4.80. The van der Waals surface area contributed by atoms with E-state index in [1.54, 1.807) is 0 Å². The van der Waals surface area contributed by atoms with E-state index in [1.807, 2.05) is 0 Å². The van der Waals surface area contributed by atoms with Crippen molar-refractivity contribution in [3.63, 3.8) is 0 Å². The van der Waals surface area contributed by atoms with E-state index in [4.69, 9.17) is 4.98 Å². The first-order valence-electron chi connectivity index (χ1n) is 14.3. The molecule has 198 valence electrons.